The molecule has 0 bridgehead atoms. The van der Waals surface area contributed by atoms with Crippen LogP contribution < -0.4 is 10.9 Å². The minimum atomic E-state index is -4.77. The van der Waals surface area contributed by atoms with Crippen LogP contribution in [0.15, 0.2) is 57.9 Å². The van der Waals surface area contributed by atoms with Crippen molar-refractivity contribution in [2.24, 2.45) is 0 Å². The Morgan fingerprint density at radius 1 is 1.21 bits per heavy atom. The van der Waals surface area contributed by atoms with Crippen molar-refractivity contribution in [2.75, 3.05) is 5.32 Å². The fourth-order valence-corrected chi connectivity index (χ4v) is 2.87. The first-order valence-electron chi connectivity index (χ1n) is 8.39. The molecule has 0 saturated heterocycles. The number of para-hydroxylation sites is 1. The van der Waals surface area contributed by atoms with Gasteiger partial charge in [0.05, 0.1) is 34.2 Å². The first-order chi connectivity index (χ1) is 13.7. The third kappa shape index (κ3) is 3.51. The quantitative estimate of drug-likeness (QED) is 0.544. The highest BCUT2D eigenvalue weighted by Gasteiger charge is 2.34. The number of hydrogen-bond acceptors (Lipinski definition) is 4. The summed E-state index contributed by atoms with van der Waals surface area (Å²) in [6.45, 7) is 1.67. The van der Waals surface area contributed by atoms with Crippen molar-refractivity contribution >= 4 is 22.7 Å². The van der Waals surface area contributed by atoms with Crippen molar-refractivity contribution in [1.29, 1.82) is 0 Å². The Hall–Kier alpha value is -3.82. The Kier molecular flexibility index (Phi) is 4.26. The molecule has 0 aliphatic heterocycles. The molecule has 10 heteroatoms. The van der Waals surface area contributed by atoms with Crippen LogP contribution in [0.3, 0.4) is 0 Å². The van der Waals surface area contributed by atoms with Crippen LogP contribution in [0.1, 0.15) is 21.8 Å². The van der Waals surface area contributed by atoms with E-state index in [1.165, 1.54) is 0 Å². The molecule has 0 spiro atoms. The van der Waals surface area contributed by atoms with Gasteiger partial charge in [-0.1, -0.05) is 18.2 Å². The van der Waals surface area contributed by atoms with Crippen LogP contribution in [0.2, 0.25) is 0 Å². The molecule has 0 atom stereocenters. The second-order valence-electron chi connectivity index (χ2n) is 6.26. The number of furan rings is 1. The van der Waals surface area contributed by atoms with Gasteiger partial charge in [-0.15, -0.1) is 0 Å². The predicted molar refractivity (Wildman–Crippen MR) is 98.1 cm³/mol. The van der Waals surface area contributed by atoms with E-state index in [1.54, 1.807) is 17.8 Å². The van der Waals surface area contributed by atoms with Crippen LogP contribution in [0.25, 0.3) is 16.8 Å². The predicted octanol–water partition coefficient (Wildman–Crippen LogP) is 3.89. The van der Waals surface area contributed by atoms with Crippen molar-refractivity contribution in [3.63, 3.8) is 0 Å². The molecule has 29 heavy (non-hydrogen) atoms. The Balaban J connectivity index is 1.67. The molecule has 1 amide bonds. The summed E-state index contributed by atoms with van der Waals surface area (Å²) in [6, 6.07) is 10.5. The highest BCUT2D eigenvalue weighted by atomic mass is 19.4. The molecule has 7 nitrogen and oxygen atoms in total. The van der Waals surface area contributed by atoms with E-state index < -0.39 is 34.3 Å². The number of fused-ring (bicyclic) bond motifs is 1. The summed E-state index contributed by atoms with van der Waals surface area (Å²) in [4.78, 5) is 26.1. The number of aryl methyl sites for hydroxylation is 1. The number of aromatic nitrogens is 3. The summed E-state index contributed by atoms with van der Waals surface area (Å²) in [6.07, 6.45) is -3.19. The van der Waals surface area contributed by atoms with Gasteiger partial charge in [-0.2, -0.15) is 18.3 Å². The molecule has 4 rings (SSSR count). The summed E-state index contributed by atoms with van der Waals surface area (Å²) in [7, 11) is 0. The van der Waals surface area contributed by atoms with Crippen molar-refractivity contribution in [3.8, 4) is 5.69 Å². The first kappa shape index (κ1) is 18.5. The van der Waals surface area contributed by atoms with E-state index in [0.29, 0.717) is 17.4 Å². The number of H-pyrrole nitrogens is 1. The largest absolute Gasteiger partial charge is 0.434 e. The average Bonchev–Trinajstić information content (AvgIpc) is 3.25. The van der Waals surface area contributed by atoms with E-state index in [-0.39, 0.29) is 5.76 Å². The third-order valence-electron chi connectivity index (χ3n) is 4.23. The minimum Gasteiger partial charge on any atom is -0.434 e. The molecule has 0 aliphatic carbocycles. The number of hydrogen-bond donors (Lipinski definition) is 2. The number of nitrogens with one attached hydrogen (secondary N) is 2. The van der Waals surface area contributed by atoms with Crippen molar-refractivity contribution in [2.45, 2.75) is 13.1 Å². The van der Waals surface area contributed by atoms with Crippen LogP contribution in [0.4, 0.5) is 18.9 Å². The van der Waals surface area contributed by atoms with E-state index in [4.69, 9.17) is 4.42 Å². The summed E-state index contributed by atoms with van der Waals surface area (Å²) < 4.78 is 46.2. The zero-order valence-corrected chi connectivity index (χ0v) is 14.9. The fourth-order valence-electron chi connectivity index (χ4n) is 2.87. The maximum absolute atomic E-state index is 13.2. The Bertz CT molecular complexity index is 1270. The van der Waals surface area contributed by atoms with E-state index in [9.17, 15) is 22.8 Å². The monoisotopic (exact) mass is 402 g/mol. The standard InChI is InChI=1S/C19H13F3N4O3/c1-10-14(9-26(25-10)11-5-3-2-4-6-11)23-17(28)15-7-12-13(19(20,21)22)8-16(27)24-18(12)29-15/h2-9H,1H3,(H,23,28)(H,24,27). The summed E-state index contributed by atoms with van der Waals surface area (Å²) in [5.41, 5.74) is -0.941. The van der Waals surface area contributed by atoms with Crippen molar-refractivity contribution in [1.82, 2.24) is 14.8 Å². The SMILES string of the molecule is Cc1nn(-c2ccccc2)cc1NC(=O)c1cc2c(C(F)(F)F)cc(=O)[nH]c2o1. The number of carbonyl (C=O) groups is 1. The molecular weight excluding hydrogens is 389 g/mol. The van der Waals surface area contributed by atoms with Gasteiger partial charge in [0, 0.05) is 6.07 Å². The topological polar surface area (TPSA) is 92.9 Å². The number of rotatable bonds is 3. The Morgan fingerprint density at radius 3 is 2.62 bits per heavy atom. The van der Waals surface area contributed by atoms with Crippen molar-refractivity contribution in [3.05, 3.63) is 76.0 Å². The molecule has 0 aliphatic rings. The van der Waals surface area contributed by atoms with E-state index in [1.807, 2.05) is 30.3 Å². The number of pyridine rings is 1. The molecule has 0 fully saturated rings. The molecule has 2 N–H and O–H groups in total. The van der Waals surface area contributed by atoms with Crippen LogP contribution in [-0.2, 0) is 6.18 Å². The molecule has 0 unspecified atom stereocenters. The number of carbonyl (C=O) groups excluding carboxylic acids is 1. The Labute approximate surface area is 160 Å². The average molecular weight is 402 g/mol. The van der Waals surface area contributed by atoms with Gasteiger partial charge < -0.3 is 9.73 Å². The maximum Gasteiger partial charge on any atom is 0.417 e. The highest BCUT2D eigenvalue weighted by molar-refractivity contribution is 6.04. The second kappa shape index (κ2) is 6.66. The van der Waals surface area contributed by atoms with Crippen LogP contribution in [0, 0.1) is 6.92 Å². The molecule has 1 aromatic carbocycles. The summed E-state index contributed by atoms with van der Waals surface area (Å²) in [5.74, 6) is -1.15. The molecule has 0 radical (unpaired) electrons. The zero-order chi connectivity index (χ0) is 20.8. The van der Waals surface area contributed by atoms with Gasteiger partial charge in [0.15, 0.2) is 5.76 Å². The lowest BCUT2D eigenvalue weighted by Gasteiger charge is -2.05. The number of halogens is 3. The number of benzene rings is 1. The van der Waals surface area contributed by atoms with E-state index in [2.05, 4.69) is 15.4 Å². The van der Waals surface area contributed by atoms with Crippen molar-refractivity contribution < 1.29 is 22.4 Å². The third-order valence-corrected chi connectivity index (χ3v) is 4.23. The number of nitrogens with zero attached hydrogens (tertiary/aromatic N) is 2. The van der Waals surface area contributed by atoms with E-state index >= 15 is 0 Å². The maximum atomic E-state index is 13.2. The highest BCUT2D eigenvalue weighted by Crippen LogP contribution is 2.34. The van der Waals surface area contributed by atoms with Gasteiger partial charge in [-0.25, -0.2) is 4.68 Å². The number of aromatic amines is 1. The molecular formula is C19H13F3N4O3. The van der Waals surface area contributed by atoms with Gasteiger partial charge >= 0.3 is 6.18 Å². The molecule has 4 aromatic rings. The normalized spacial score (nSPS) is 11.7. The van der Waals surface area contributed by atoms with Gasteiger partial charge in [-0.05, 0) is 25.1 Å². The van der Waals surface area contributed by atoms with Crippen LogP contribution in [0.5, 0.6) is 0 Å². The van der Waals surface area contributed by atoms with Gasteiger partial charge in [-0.3, -0.25) is 14.6 Å². The minimum absolute atomic E-state index is 0.365. The van der Waals surface area contributed by atoms with Gasteiger partial charge in [0.2, 0.25) is 5.71 Å². The molecule has 3 heterocycles. The van der Waals surface area contributed by atoms with E-state index in [0.717, 1.165) is 11.8 Å². The van der Waals surface area contributed by atoms with Crippen LogP contribution in [-0.4, -0.2) is 20.7 Å². The number of alkyl halides is 3. The lowest BCUT2D eigenvalue weighted by atomic mass is 10.1. The summed E-state index contributed by atoms with van der Waals surface area (Å²) >= 11 is 0. The molecule has 3 aromatic heterocycles. The summed E-state index contributed by atoms with van der Waals surface area (Å²) in [5, 5.41) is 6.46. The number of amides is 1. The molecule has 148 valence electrons. The lowest BCUT2D eigenvalue weighted by molar-refractivity contribution is -0.136. The fraction of sp³-hybridized carbons (Fsp3) is 0.105. The van der Waals surface area contributed by atoms with Gasteiger partial charge in [0.25, 0.3) is 11.5 Å². The zero-order valence-electron chi connectivity index (χ0n) is 14.9. The lowest BCUT2D eigenvalue weighted by Crippen LogP contribution is -2.13. The number of anilines is 1. The molecule has 0 saturated carbocycles. The van der Waals surface area contributed by atoms with Gasteiger partial charge in [0.1, 0.15) is 0 Å². The van der Waals surface area contributed by atoms with Crippen LogP contribution >= 0.6 is 0 Å². The Morgan fingerprint density at radius 2 is 1.93 bits per heavy atom. The second-order valence-corrected chi connectivity index (χ2v) is 6.26. The smallest absolute Gasteiger partial charge is 0.417 e. The first-order valence-corrected chi connectivity index (χ1v) is 8.39.